The zero-order chi connectivity index (χ0) is 20.8. The van der Waals surface area contributed by atoms with Crippen LogP contribution in [-0.2, 0) is 14.4 Å². The zero-order valence-electron chi connectivity index (χ0n) is 15.1. The molecule has 9 nitrogen and oxygen atoms in total. The van der Waals surface area contributed by atoms with Gasteiger partial charge in [0.05, 0.1) is 31.8 Å². The number of hydroxylamine groups is 2. The minimum absolute atomic E-state index is 0.313. The molecule has 1 aromatic heterocycles. The highest BCUT2D eigenvalue weighted by Crippen LogP contribution is 2.30. The van der Waals surface area contributed by atoms with E-state index in [1.165, 1.54) is 18.4 Å². The number of carboxylic acid groups (broad SMARTS) is 1. The SMILES string of the molecule is COc1cncc([C@@H]2CCON2C(=O)OC(C)(C)C)n1.O=C(O)C(F)(F)F. The topological polar surface area (TPSA) is 111 Å². The Labute approximate surface area is 153 Å². The molecular weight excluding hydrogens is 375 g/mol. The molecule has 0 unspecified atom stereocenters. The number of rotatable bonds is 2. The van der Waals surface area contributed by atoms with Crippen LogP contribution in [0.1, 0.15) is 38.9 Å². The highest BCUT2D eigenvalue weighted by molar-refractivity contribution is 5.73. The third-order valence-electron chi connectivity index (χ3n) is 2.90. The van der Waals surface area contributed by atoms with Crippen LogP contribution >= 0.6 is 0 Å². The van der Waals surface area contributed by atoms with Gasteiger partial charge in [0.15, 0.2) is 0 Å². The molecule has 12 heteroatoms. The summed E-state index contributed by atoms with van der Waals surface area (Å²) in [6, 6.07) is -0.313. The van der Waals surface area contributed by atoms with E-state index >= 15 is 0 Å². The molecule has 2 heterocycles. The number of aliphatic carboxylic acids is 1. The molecule has 1 N–H and O–H groups in total. The molecule has 1 atom stereocenters. The second-order valence-electron chi connectivity index (χ2n) is 6.23. The number of alkyl halides is 3. The molecule has 2 rings (SSSR count). The van der Waals surface area contributed by atoms with Crippen LogP contribution in [0.4, 0.5) is 18.0 Å². The van der Waals surface area contributed by atoms with E-state index in [4.69, 9.17) is 24.2 Å². The van der Waals surface area contributed by atoms with Crippen molar-refractivity contribution in [2.24, 2.45) is 0 Å². The quantitative estimate of drug-likeness (QED) is 0.814. The van der Waals surface area contributed by atoms with Gasteiger partial charge in [0.2, 0.25) is 5.88 Å². The fourth-order valence-electron chi connectivity index (χ4n) is 1.85. The summed E-state index contributed by atoms with van der Waals surface area (Å²) >= 11 is 0. The van der Waals surface area contributed by atoms with Gasteiger partial charge in [-0.15, -0.1) is 0 Å². The van der Waals surface area contributed by atoms with E-state index in [2.05, 4.69) is 9.97 Å². The summed E-state index contributed by atoms with van der Waals surface area (Å²) in [7, 11) is 1.52. The number of methoxy groups -OCH3 is 1. The lowest BCUT2D eigenvalue weighted by atomic mass is 10.1. The van der Waals surface area contributed by atoms with Crippen molar-refractivity contribution < 1.29 is 42.2 Å². The van der Waals surface area contributed by atoms with E-state index in [-0.39, 0.29) is 6.04 Å². The molecule has 1 aromatic rings. The molecule has 1 aliphatic heterocycles. The summed E-state index contributed by atoms with van der Waals surface area (Å²) < 4.78 is 42.1. The lowest BCUT2D eigenvalue weighted by Crippen LogP contribution is -2.36. The highest BCUT2D eigenvalue weighted by Gasteiger charge is 2.38. The lowest BCUT2D eigenvalue weighted by molar-refractivity contribution is -0.192. The Morgan fingerprint density at radius 3 is 2.37 bits per heavy atom. The van der Waals surface area contributed by atoms with Crippen LogP contribution in [0.15, 0.2) is 12.4 Å². The van der Waals surface area contributed by atoms with Crippen molar-refractivity contribution in [3.8, 4) is 5.88 Å². The van der Waals surface area contributed by atoms with Crippen LogP contribution in [0.5, 0.6) is 5.88 Å². The van der Waals surface area contributed by atoms with Crippen LogP contribution in [0.3, 0.4) is 0 Å². The van der Waals surface area contributed by atoms with Crippen molar-refractivity contribution in [2.45, 2.75) is 45.0 Å². The van der Waals surface area contributed by atoms with E-state index in [1.54, 1.807) is 27.0 Å². The smallest absolute Gasteiger partial charge is 0.480 e. The monoisotopic (exact) mass is 395 g/mol. The number of aromatic nitrogens is 2. The number of ether oxygens (including phenoxy) is 2. The first-order valence-corrected chi connectivity index (χ1v) is 7.66. The summed E-state index contributed by atoms with van der Waals surface area (Å²) in [6.07, 6.45) is -1.86. The number of halogens is 3. The van der Waals surface area contributed by atoms with Crippen molar-refractivity contribution >= 4 is 12.1 Å². The van der Waals surface area contributed by atoms with Crippen LogP contribution in [0, 0.1) is 0 Å². The molecule has 152 valence electrons. The second kappa shape index (κ2) is 8.84. The van der Waals surface area contributed by atoms with Gasteiger partial charge >= 0.3 is 18.2 Å². The summed E-state index contributed by atoms with van der Waals surface area (Å²) in [5.41, 5.74) is 0.0425. The summed E-state index contributed by atoms with van der Waals surface area (Å²) in [4.78, 5) is 34.7. The molecule has 1 amide bonds. The van der Waals surface area contributed by atoms with Crippen molar-refractivity contribution in [2.75, 3.05) is 13.7 Å². The van der Waals surface area contributed by atoms with E-state index in [9.17, 15) is 18.0 Å². The van der Waals surface area contributed by atoms with Crippen LogP contribution in [-0.4, -0.2) is 57.7 Å². The molecule has 0 bridgehead atoms. The maximum atomic E-state index is 12.1. The van der Waals surface area contributed by atoms with Gasteiger partial charge in [-0.25, -0.2) is 14.6 Å². The van der Waals surface area contributed by atoms with Crippen molar-refractivity contribution in [1.82, 2.24) is 15.0 Å². The maximum Gasteiger partial charge on any atom is 0.490 e. The number of amides is 1. The molecule has 27 heavy (non-hydrogen) atoms. The second-order valence-corrected chi connectivity index (χ2v) is 6.23. The highest BCUT2D eigenvalue weighted by atomic mass is 19.4. The normalized spacial score (nSPS) is 17.0. The van der Waals surface area contributed by atoms with Gasteiger partial charge in [-0.2, -0.15) is 18.2 Å². The van der Waals surface area contributed by atoms with Crippen LogP contribution < -0.4 is 4.74 Å². The first-order chi connectivity index (χ1) is 12.3. The predicted molar refractivity (Wildman–Crippen MR) is 83.7 cm³/mol. The average Bonchev–Trinajstić information content (AvgIpc) is 3.03. The Morgan fingerprint density at radius 2 is 1.89 bits per heavy atom. The minimum Gasteiger partial charge on any atom is -0.480 e. The molecule has 0 radical (unpaired) electrons. The van der Waals surface area contributed by atoms with Gasteiger partial charge in [-0.05, 0) is 20.8 Å². The van der Waals surface area contributed by atoms with Crippen LogP contribution in [0.2, 0.25) is 0 Å². The Balaban J connectivity index is 0.000000445. The summed E-state index contributed by atoms with van der Waals surface area (Å²) in [6.45, 7) is 5.85. The molecular formula is C15H20F3N3O6. The maximum absolute atomic E-state index is 12.1. The largest absolute Gasteiger partial charge is 0.490 e. The number of hydrogen-bond acceptors (Lipinski definition) is 7. The third kappa shape index (κ3) is 7.25. The first kappa shape index (κ1) is 22.4. The van der Waals surface area contributed by atoms with Gasteiger partial charge < -0.3 is 14.6 Å². The fraction of sp³-hybridized carbons (Fsp3) is 0.600. The standard InChI is InChI=1S/C13H19N3O4.C2HF3O2/c1-13(2,3)20-12(17)16-10(5-6-19-16)9-7-14-8-11(15-9)18-4;3-2(4,5)1(6)7/h7-8,10H,5-6H2,1-4H3;(H,6,7)/t10-;/m0./s1. The van der Waals surface area contributed by atoms with Gasteiger partial charge in [0.1, 0.15) is 11.6 Å². The van der Waals surface area contributed by atoms with Crippen LogP contribution in [0.25, 0.3) is 0 Å². The van der Waals surface area contributed by atoms with E-state index in [0.717, 1.165) is 0 Å². The lowest BCUT2D eigenvalue weighted by Gasteiger charge is -2.26. The number of carbonyl (C=O) groups excluding carboxylic acids is 1. The zero-order valence-corrected chi connectivity index (χ0v) is 15.1. The fourth-order valence-corrected chi connectivity index (χ4v) is 1.85. The number of nitrogens with zero attached hydrogens (tertiary/aromatic N) is 3. The summed E-state index contributed by atoms with van der Waals surface area (Å²) in [5.74, 6) is -2.36. The number of carbonyl (C=O) groups is 2. The van der Waals surface area contributed by atoms with Crippen molar-refractivity contribution in [3.63, 3.8) is 0 Å². The molecule has 0 aromatic carbocycles. The Kier molecular flexibility index (Phi) is 7.34. The average molecular weight is 395 g/mol. The molecule has 1 aliphatic rings. The summed E-state index contributed by atoms with van der Waals surface area (Å²) in [5, 5.41) is 8.34. The van der Waals surface area contributed by atoms with Gasteiger partial charge in [-0.3, -0.25) is 9.82 Å². The van der Waals surface area contributed by atoms with E-state index < -0.39 is 23.8 Å². The third-order valence-corrected chi connectivity index (χ3v) is 2.90. The molecule has 0 aliphatic carbocycles. The van der Waals surface area contributed by atoms with Gasteiger partial charge in [0.25, 0.3) is 0 Å². The Hall–Kier alpha value is -2.63. The van der Waals surface area contributed by atoms with E-state index in [1.807, 2.05) is 0 Å². The molecule has 1 fully saturated rings. The Bertz CT molecular complexity index is 663. The molecule has 1 saturated heterocycles. The van der Waals surface area contributed by atoms with Gasteiger partial charge in [-0.1, -0.05) is 0 Å². The van der Waals surface area contributed by atoms with Crippen molar-refractivity contribution in [1.29, 1.82) is 0 Å². The Morgan fingerprint density at radius 1 is 1.30 bits per heavy atom. The number of carboxylic acids is 1. The first-order valence-electron chi connectivity index (χ1n) is 7.66. The number of hydrogen-bond donors (Lipinski definition) is 1. The predicted octanol–water partition coefficient (Wildman–Crippen LogP) is 2.73. The van der Waals surface area contributed by atoms with Crippen molar-refractivity contribution in [3.05, 3.63) is 18.1 Å². The molecule has 0 spiro atoms. The minimum atomic E-state index is -5.08. The van der Waals surface area contributed by atoms with E-state index in [0.29, 0.717) is 24.6 Å². The van der Waals surface area contributed by atoms with Gasteiger partial charge in [0, 0.05) is 6.42 Å². The molecule has 0 saturated carbocycles.